The Hall–Kier alpha value is -1.10. The fourth-order valence-corrected chi connectivity index (χ4v) is 1.73. The molecule has 102 valence electrons. The summed E-state index contributed by atoms with van der Waals surface area (Å²) in [5, 5.41) is 13.7. The molecule has 0 radical (unpaired) electrons. The third-order valence-electron chi connectivity index (χ3n) is 2.96. The summed E-state index contributed by atoms with van der Waals surface area (Å²) < 4.78 is 10.1. The zero-order valence-corrected chi connectivity index (χ0v) is 11.4. The molecule has 18 heavy (non-hydrogen) atoms. The normalized spacial score (nSPS) is 14.2. The van der Waals surface area contributed by atoms with Crippen molar-refractivity contribution in [2.75, 3.05) is 33.9 Å². The summed E-state index contributed by atoms with van der Waals surface area (Å²) >= 11 is 0. The highest BCUT2D eigenvalue weighted by Gasteiger charge is 2.22. The first-order valence-electron chi connectivity index (χ1n) is 6.16. The second-order valence-corrected chi connectivity index (χ2v) is 4.50. The van der Waals surface area contributed by atoms with Gasteiger partial charge in [0.05, 0.1) is 19.3 Å². The highest BCUT2D eigenvalue weighted by atomic mass is 16.5. The number of ether oxygens (including phenoxy) is 2. The van der Waals surface area contributed by atoms with Gasteiger partial charge in [0.2, 0.25) is 0 Å². The molecule has 1 rings (SSSR count). The van der Waals surface area contributed by atoms with Crippen LogP contribution in [-0.2, 0) is 10.3 Å². The molecule has 1 aromatic carbocycles. The molecular formula is C14H23NO3. The number of aliphatic hydroxyl groups is 1. The van der Waals surface area contributed by atoms with Crippen LogP contribution in [0.4, 0.5) is 0 Å². The minimum atomic E-state index is -0.853. The van der Waals surface area contributed by atoms with Crippen LogP contribution in [0, 0.1) is 0 Å². The molecule has 1 atom stereocenters. The van der Waals surface area contributed by atoms with Crippen LogP contribution in [0.3, 0.4) is 0 Å². The van der Waals surface area contributed by atoms with Crippen LogP contribution in [0.1, 0.15) is 18.9 Å². The highest BCUT2D eigenvalue weighted by molar-refractivity contribution is 5.31. The van der Waals surface area contributed by atoms with E-state index in [4.69, 9.17) is 9.47 Å². The van der Waals surface area contributed by atoms with Crippen LogP contribution < -0.4 is 10.1 Å². The van der Waals surface area contributed by atoms with Gasteiger partial charge in [-0.25, -0.2) is 0 Å². The van der Waals surface area contributed by atoms with Crippen molar-refractivity contribution >= 4 is 0 Å². The molecule has 1 unspecified atom stereocenters. The number of benzene rings is 1. The van der Waals surface area contributed by atoms with Gasteiger partial charge in [-0.05, 0) is 37.6 Å². The molecule has 0 spiro atoms. The lowest BCUT2D eigenvalue weighted by molar-refractivity contribution is 0.0473. The lowest BCUT2D eigenvalue weighted by atomic mass is 9.92. The Morgan fingerprint density at radius 2 is 2.06 bits per heavy atom. The lowest BCUT2D eigenvalue weighted by Crippen LogP contribution is -2.29. The molecule has 0 aliphatic carbocycles. The summed E-state index contributed by atoms with van der Waals surface area (Å²) in [6.45, 7) is 4.04. The molecular weight excluding hydrogens is 230 g/mol. The number of methoxy groups -OCH3 is 2. The first-order valence-corrected chi connectivity index (χ1v) is 6.16. The van der Waals surface area contributed by atoms with Crippen LogP contribution in [-0.4, -0.2) is 39.0 Å². The van der Waals surface area contributed by atoms with Crippen molar-refractivity contribution in [3.63, 3.8) is 0 Å². The third-order valence-corrected chi connectivity index (χ3v) is 2.96. The molecule has 0 aromatic heterocycles. The number of hydrogen-bond donors (Lipinski definition) is 2. The Kier molecular flexibility index (Phi) is 6.12. The first kappa shape index (κ1) is 15.0. The maximum atomic E-state index is 10.4. The molecule has 0 saturated heterocycles. The van der Waals surface area contributed by atoms with Gasteiger partial charge in [0, 0.05) is 13.7 Å². The largest absolute Gasteiger partial charge is 0.497 e. The van der Waals surface area contributed by atoms with Crippen LogP contribution in [0.5, 0.6) is 5.75 Å². The average molecular weight is 253 g/mol. The lowest BCUT2D eigenvalue weighted by Gasteiger charge is -2.24. The quantitative estimate of drug-likeness (QED) is 0.690. The Labute approximate surface area is 109 Å². The zero-order chi connectivity index (χ0) is 13.4. The summed E-state index contributed by atoms with van der Waals surface area (Å²) in [7, 11) is 3.30. The Balaban J connectivity index is 2.50. The zero-order valence-electron chi connectivity index (χ0n) is 11.4. The fraction of sp³-hybridized carbons (Fsp3) is 0.571. The maximum Gasteiger partial charge on any atom is 0.119 e. The smallest absolute Gasteiger partial charge is 0.119 e. The standard InChI is InChI=1S/C14H23NO3/c1-14(16,7-8-15-9-10-17-2)12-5-4-6-13(11-12)18-3/h4-6,11,15-16H,7-10H2,1-3H3. The van der Waals surface area contributed by atoms with Crippen LogP contribution in [0.2, 0.25) is 0 Å². The monoisotopic (exact) mass is 253 g/mol. The van der Waals surface area contributed by atoms with Gasteiger partial charge in [0.15, 0.2) is 0 Å². The molecule has 0 amide bonds. The summed E-state index contributed by atoms with van der Waals surface area (Å²) in [6.07, 6.45) is 0.643. The van der Waals surface area contributed by atoms with E-state index in [-0.39, 0.29) is 0 Å². The summed E-state index contributed by atoms with van der Waals surface area (Å²) in [5.41, 5.74) is 0.0182. The highest BCUT2D eigenvalue weighted by Crippen LogP contribution is 2.26. The van der Waals surface area contributed by atoms with Gasteiger partial charge in [0.25, 0.3) is 0 Å². The summed E-state index contributed by atoms with van der Waals surface area (Å²) in [4.78, 5) is 0. The van der Waals surface area contributed by atoms with Crippen molar-refractivity contribution in [3.05, 3.63) is 29.8 Å². The van der Waals surface area contributed by atoms with Gasteiger partial charge in [-0.1, -0.05) is 12.1 Å². The topological polar surface area (TPSA) is 50.7 Å². The summed E-state index contributed by atoms with van der Waals surface area (Å²) in [5.74, 6) is 0.764. The minimum absolute atomic E-state index is 0.643. The number of hydrogen-bond acceptors (Lipinski definition) is 4. The number of nitrogens with one attached hydrogen (secondary N) is 1. The van der Waals surface area contributed by atoms with E-state index in [0.29, 0.717) is 13.0 Å². The van der Waals surface area contributed by atoms with E-state index in [1.807, 2.05) is 31.2 Å². The van der Waals surface area contributed by atoms with Crippen molar-refractivity contribution in [1.29, 1.82) is 0 Å². The van der Waals surface area contributed by atoms with E-state index < -0.39 is 5.60 Å². The molecule has 4 heteroatoms. The Bertz CT molecular complexity index is 353. The third kappa shape index (κ3) is 4.64. The Morgan fingerprint density at radius 1 is 1.28 bits per heavy atom. The van der Waals surface area contributed by atoms with Crippen molar-refractivity contribution in [3.8, 4) is 5.75 Å². The minimum Gasteiger partial charge on any atom is -0.497 e. The predicted molar refractivity (Wildman–Crippen MR) is 71.9 cm³/mol. The molecule has 0 bridgehead atoms. The van der Waals surface area contributed by atoms with Crippen molar-refractivity contribution < 1.29 is 14.6 Å². The van der Waals surface area contributed by atoms with Crippen LogP contribution >= 0.6 is 0 Å². The second kappa shape index (κ2) is 7.36. The van der Waals surface area contributed by atoms with E-state index in [2.05, 4.69) is 5.32 Å². The van der Waals surface area contributed by atoms with Gasteiger partial charge >= 0.3 is 0 Å². The molecule has 2 N–H and O–H groups in total. The Morgan fingerprint density at radius 3 is 2.72 bits per heavy atom. The maximum absolute atomic E-state index is 10.4. The molecule has 1 aromatic rings. The SMILES string of the molecule is COCCNCCC(C)(O)c1cccc(OC)c1. The van der Waals surface area contributed by atoms with Gasteiger partial charge < -0.3 is 19.9 Å². The molecule has 4 nitrogen and oxygen atoms in total. The van der Waals surface area contributed by atoms with E-state index >= 15 is 0 Å². The molecule has 0 aliphatic heterocycles. The van der Waals surface area contributed by atoms with E-state index in [0.717, 1.165) is 24.4 Å². The first-order chi connectivity index (χ1) is 8.60. The molecule has 0 fully saturated rings. The fourth-order valence-electron chi connectivity index (χ4n) is 1.73. The molecule has 0 aliphatic rings. The molecule has 0 saturated carbocycles. The molecule has 0 heterocycles. The van der Waals surface area contributed by atoms with Gasteiger partial charge in [-0.15, -0.1) is 0 Å². The van der Waals surface area contributed by atoms with Gasteiger partial charge in [0.1, 0.15) is 5.75 Å². The van der Waals surface area contributed by atoms with E-state index in [1.165, 1.54) is 0 Å². The van der Waals surface area contributed by atoms with Crippen LogP contribution in [0.25, 0.3) is 0 Å². The van der Waals surface area contributed by atoms with Crippen molar-refractivity contribution in [2.24, 2.45) is 0 Å². The second-order valence-electron chi connectivity index (χ2n) is 4.50. The average Bonchev–Trinajstić information content (AvgIpc) is 2.38. The van der Waals surface area contributed by atoms with E-state index in [1.54, 1.807) is 14.2 Å². The van der Waals surface area contributed by atoms with Crippen molar-refractivity contribution in [2.45, 2.75) is 18.9 Å². The summed E-state index contributed by atoms with van der Waals surface area (Å²) in [6, 6.07) is 7.55. The van der Waals surface area contributed by atoms with Crippen molar-refractivity contribution in [1.82, 2.24) is 5.32 Å². The van der Waals surface area contributed by atoms with Crippen LogP contribution in [0.15, 0.2) is 24.3 Å². The number of rotatable bonds is 8. The van der Waals surface area contributed by atoms with E-state index in [9.17, 15) is 5.11 Å². The van der Waals surface area contributed by atoms with Gasteiger partial charge in [-0.2, -0.15) is 0 Å². The predicted octanol–water partition coefficient (Wildman–Crippen LogP) is 1.53. The van der Waals surface area contributed by atoms with Gasteiger partial charge in [-0.3, -0.25) is 0 Å².